The van der Waals surface area contributed by atoms with E-state index in [-0.39, 0.29) is 11.7 Å². The molecule has 2 aromatic rings. The predicted molar refractivity (Wildman–Crippen MR) is 104 cm³/mol. The van der Waals surface area contributed by atoms with Crippen LogP contribution in [0.25, 0.3) is 11.4 Å². The molecule has 0 saturated carbocycles. The second kappa shape index (κ2) is 8.62. The normalized spacial score (nSPS) is 20.9. The number of hydrogen-bond acceptors (Lipinski definition) is 7. The number of anilines is 1. The first-order valence-corrected chi connectivity index (χ1v) is 9.81. The molecule has 0 spiro atoms. The van der Waals surface area contributed by atoms with Crippen molar-refractivity contribution in [2.75, 3.05) is 44.2 Å². The molecule has 2 fully saturated rings. The van der Waals surface area contributed by atoms with Crippen LogP contribution >= 0.6 is 0 Å². The van der Waals surface area contributed by atoms with Crippen molar-refractivity contribution in [3.8, 4) is 11.4 Å². The summed E-state index contributed by atoms with van der Waals surface area (Å²) in [6, 6.07) is 4.77. The highest BCUT2D eigenvalue weighted by atomic mass is 16.5. The Morgan fingerprint density at radius 3 is 2.75 bits per heavy atom. The molecule has 28 heavy (non-hydrogen) atoms. The number of carbonyl (C=O) groups is 1. The van der Waals surface area contributed by atoms with Crippen LogP contribution in [0.2, 0.25) is 0 Å². The molecule has 1 atom stereocenters. The van der Waals surface area contributed by atoms with Crippen molar-refractivity contribution >= 4 is 11.9 Å². The second-order valence-electron chi connectivity index (χ2n) is 7.28. The number of aromatic nitrogens is 3. The van der Waals surface area contributed by atoms with Crippen LogP contribution in [0.4, 0.5) is 5.95 Å². The fourth-order valence-electron chi connectivity index (χ4n) is 3.79. The maximum absolute atomic E-state index is 11.2. The number of ether oxygens (including phenoxy) is 1. The van der Waals surface area contributed by atoms with E-state index in [9.17, 15) is 9.90 Å². The molecule has 2 saturated heterocycles. The van der Waals surface area contributed by atoms with Gasteiger partial charge >= 0.3 is 5.97 Å². The molecule has 2 aliphatic heterocycles. The van der Waals surface area contributed by atoms with Crippen molar-refractivity contribution in [2.45, 2.75) is 25.4 Å². The molecule has 4 heterocycles. The molecule has 0 amide bonds. The van der Waals surface area contributed by atoms with E-state index in [1.54, 1.807) is 12.3 Å². The minimum atomic E-state index is -0.979. The fraction of sp³-hybridized carbons (Fsp3) is 0.500. The highest BCUT2D eigenvalue weighted by Crippen LogP contribution is 2.20. The lowest BCUT2D eigenvalue weighted by Crippen LogP contribution is -2.40. The molecule has 2 aliphatic rings. The molecule has 0 aromatic carbocycles. The van der Waals surface area contributed by atoms with Gasteiger partial charge in [0.15, 0.2) is 0 Å². The average Bonchev–Trinajstić information content (AvgIpc) is 3.12. The van der Waals surface area contributed by atoms with E-state index in [0.29, 0.717) is 17.3 Å². The van der Waals surface area contributed by atoms with E-state index in [1.165, 1.54) is 31.2 Å². The first kappa shape index (κ1) is 18.8. The molecule has 8 heteroatoms. The van der Waals surface area contributed by atoms with E-state index in [1.807, 2.05) is 0 Å². The Balaban J connectivity index is 1.52. The van der Waals surface area contributed by atoms with Gasteiger partial charge in [-0.05, 0) is 50.6 Å². The SMILES string of the molecule is O=C(O)c1ccnc(-c2ccnc(N3CCCO[C@@H](CN4CCCC4)C3)n2)c1. The van der Waals surface area contributed by atoms with Crippen LogP contribution in [0.3, 0.4) is 0 Å². The van der Waals surface area contributed by atoms with E-state index < -0.39 is 5.97 Å². The van der Waals surface area contributed by atoms with Crippen molar-refractivity contribution in [2.24, 2.45) is 0 Å². The lowest BCUT2D eigenvalue weighted by Gasteiger charge is -2.27. The van der Waals surface area contributed by atoms with Gasteiger partial charge in [-0.2, -0.15) is 0 Å². The third-order valence-corrected chi connectivity index (χ3v) is 5.21. The van der Waals surface area contributed by atoms with Crippen LogP contribution in [0.1, 0.15) is 29.6 Å². The summed E-state index contributed by atoms with van der Waals surface area (Å²) < 4.78 is 6.06. The van der Waals surface area contributed by atoms with Crippen LogP contribution in [-0.2, 0) is 4.74 Å². The highest BCUT2D eigenvalue weighted by molar-refractivity contribution is 5.88. The van der Waals surface area contributed by atoms with Crippen molar-refractivity contribution in [1.82, 2.24) is 19.9 Å². The molecule has 148 valence electrons. The Bertz CT molecular complexity index is 825. The fourth-order valence-corrected chi connectivity index (χ4v) is 3.79. The number of hydrogen-bond donors (Lipinski definition) is 1. The van der Waals surface area contributed by atoms with Crippen LogP contribution in [0.5, 0.6) is 0 Å². The zero-order chi connectivity index (χ0) is 19.3. The van der Waals surface area contributed by atoms with Gasteiger partial charge in [-0.25, -0.2) is 14.8 Å². The third-order valence-electron chi connectivity index (χ3n) is 5.21. The summed E-state index contributed by atoms with van der Waals surface area (Å²) in [5.41, 5.74) is 1.34. The molecule has 0 unspecified atom stereocenters. The standard InChI is InChI=1S/C20H25N5O3/c26-19(27)15-4-6-21-18(12-15)17-5-7-22-20(23-17)25-10-3-11-28-16(14-25)13-24-8-1-2-9-24/h4-7,12,16H,1-3,8-11,13-14H2,(H,26,27)/t16-/m0/s1. The largest absolute Gasteiger partial charge is 0.478 e. The summed E-state index contributed by atoms with van der Waals surface area (Å²) in [6.07, 6.45) is 6.80. The number of aromatic carboxylic acids is 1. The minimum absolute atomic E-state index is 0.140. The van der Waals surface area contributed by atoms with Crippen molar-refractivity contribution in [1.29, 1.82) is 0 Å². The van der Waals surface area contributed by atoms with Crippen LogP contribution in [0, 0.1) is 0 Å². The van der Waals surface area contributed by atoms with Crippen LogP contribution in [0.15, 0.2) is 30.6 Å². The zero-order valence-corrected chi connectivity index (χ0v) is 15.8. The number of nitrogens with zero attached hydrogens (tertiary/aromatic N) is 5. The summed E-state index contributed by atoms with van der Waals surface area (Å²) in [7, 11) is 0. The number of carboxylic acid groups (broad SMARTS) is 1. The lowest BCUT2D eigenvalue weighted by atomic mass is 10.2. The summed E-state index contributed by atoms with van der Waals surface area (Å²) in [4.78, 5) is 29.3. The van der Waals surface area contributed by atoms with Gasteiger partial charge < -0.3 is 19.6 Å². The molecule has 1 N–H and O–H groups in total. The first-order valence-electron chi connectivity index (χ1n) is 9.81. The van der Waals surface area contributed by atoms with Gasteiger partial charge in [0.2, 0.25) is 5.95 Å². The summed E-state index contributed by atoms with van der Waals surface area (Å²) >= 11 is 0. The summed E-state index contributed by atoms with van der Waals surface area (Å²) in [6.45, 7) is 5.58. The smallest absolute Gasteiger partial charge is 0.335 e. The van der Waals surface area contributed by atoms with Gasteiger partial charge in [-0.3, -0.25) is 4.98 Å². The van der Waals surface area contributed by atoms with Crippen LogP contribution in [-0.4, -0.2) is 76.4 Å². The predicted octanol–water partition coefficient (Wildman–Crippen LogP) is 1.93. The Morgan fingerprint density at radius 2 is 1.93 bits per heavy atom. The third kappa shape index (κ3) is 4.45. The zero-order valence-electron chi connectivity index (χ0n) is 15.8. The van der Waals surface area contributed by atoms with E-state index in [0.717, 1.165) is 45.8 Å². The molecular weight excluding hydrogens is 358 g/mol. The Morgan fingerprint density at radius 1 is 1.11 bits per heavy atom. The maximum atomic E-state index is 11.2. The summed E-state index contributed by atoms with van der Waals surface area (Å²) in [5.74, 6) is -0.343. The Kier molecular flexibility index (Phi) is 5.78. The van der Waals surface area contributed by atoms with Crippen molar-refractivity contribution in [3.63, 3.8) is 0 Å². The van der Waals surface area contributed by atoms with Gasteiger partial charge in [0.1, 0.15) is 0 Å². The summed E-state index contributed by atoms with van der Waals surface area (Å²) in [5, 5.41) is 9.21. The second-order valence-corrected chi connectivity index (χ2v) is 7.28. The lowest BCUT2D eigenvalue weighted by molar-refractivity contribution is 0.0450. The van der Waals surface area contributed by atoms with Crippen molar-refractivity contribution in [3.05, 3.63) is 36.2 Å². The average molecular weight is 383 g/mol. The number of pyridine rings is 1. The number of likely N-dealkylation sites (tertiary alicyclic amines) is 1. The molecule has 4 rings (SSSR count). The molecule has 8 nitrogen and oxygen atoms in total. The van der Waals surface area contributed by atoms with E-state index >= 15 is 0 Å². The monoisotopic (exact) mass is 383 g/mol. The number of carboxylic acids is 1. The van der Waals surface area contributed by atoms with Gasteiger partial charge in [0, 0.05) is 38.6 Å². The maximum Gasteiger partial charge on any atom is 0.335 e. The molecular formula is C20H25N5O3. The van der Waals surface area contributed by atoms with Gasteiger partial charge in [0.25, 0.3) is 0 Å². The van der Waals surface area contributed by atoms with Gasteiger partial charge in [0.05, 0.1) is 23.1 Å². The minimum Gasteiger partial charge on any atom is -0.478 e. The molecule has 0 aliphatic carbocycles. The molecule has 0 bridgehead atoms. The molecule has 2 aromatic heterocycles. The number of rotatable bonds is 5. The Labute approximate surface area is 164 Å². The highest BCUT2D eigenvalue weighted by Gasteiger charge is 2.24. The van der Waals surface area contributed by atoms with Gasteiger partial charge in [-0.15, -0.1) is 0 Å². The molecule has 0 radical (unpaired) electrons. The quantitative estimate of drug-likeness (QED) is 0.837. The topological polar surface area (TPSA) is 91.7 Å². The van der Waals surface area contributed by atoms with Crippen LogP contribution < -0.4 is 4.90 Å². The first-order chi connectivity index (χ1) is 13.7. The van der Waals surface area contributed by atoms with Crippen molar-refractivity contribution < 1.29 is 14.6 Å². The Hall–Kier alpha value is -2.58. The van der Waals surface area contributed by atoms with E-state index in [2.05, 4.69) is 24.8 Å². The van der Waals surface area contributed by atoms with E-state index in [4.69, 9.17) is 4.74 Å². The van der Waals surface area contributed by atoms with Gasteiger partial charge in [-0.1, -0.05) is 0 Å².